The number of carbonyl (C=O) groups is 5. The van der Waals surface area contributed by atoms with Gasteiger partial charge >= 0.3 is 18.3 Å². The molecule has 1 unspecified atom stereocenters. The van der Waals surface area contributed by atoms with Gasteiger partial charge in [-0.3, -0.25) is 9.59 Å². The topological polar surface area (TPSA) is 158 Å². The number of hydrogen-bond donors (Lipinski definition) is 0. The summed E-state index contributed by atoms with van der Waals surface area (Å²) in [6, 6.07) is 8.35. The number of ether oxygens (including phenoxy) is 4. The number of imide groups is 2. The number of rotatable bonds is 9. The molecule has 1 atom stereocenters. The summed E-state index contributed by atoms with van der Waals surface area (Å²) in [6.45, 7) is 19.0. The first-order valence-electron chi connectivity index (χ1n) is 19.2. The molecule has 1 aliphatic carbocycles. The Kier molecular flexibility index (Phi) is 13.8. The van der Waals surface area contributed by atoms with Gasteiger partial charge in [0.15, 0.2) is 11.6 Å². The SMILES string of the molecule is CC#CC(=O)N(C)C(C)COc1c(-c2cc(F)cc(N(C(=O)OC(C)(C)C)C(=O)c3ccc(C4CC4)cc3)c2C)ncnc1N(C(=O)OC(C)(C)C)C(=O)OC(C)(C)C. The lowest BCUT2D eigenvalue weighted by molar-refractivity contribution is -0.126. The lowest BCUT2D eigenvalue weighted by Gasteiger charge is -2.30. The average Bonchev–Trinajstić information content (AvgIpc) is 3.96. The summed E-state index contributed by atoms with van der Waals surface area (Å²) >= 11 is 0. The van der Waals surface area contributed by atoms with E-state index in [2.05, 4.69) is 21.8 Å². The Morgan fingerprint density at radius 3 is 1.85 bits per heavy atom. The van der Waals surface area contributed by atoms with Crippen molar-refractivity contribution in [2.75, 3.05) is 23.5 Å². The molecule has 0 saturated heterocycles. The molecule has 0 spiro atoms. The van der Waals surface area contributed by atoms with Crippen LogP contribution in [0.4, 0.5) is 30.3 Å². The highest BCUT2D eigenvalue weighted by Gasteiger charge is 2.38. The smallest absolute Gasteiger partial charge is 0.425 e. The van der Waals surface area contributed by atoms with E-state index < -0.39 is 64.6 Å². The van der Waals surface area contributed by atoms with Crippen LogP contribution in [-0.4, -0.2) is 81.5 Å². The first-order valence-corrected chi connectivity index (χ1v) is 19.2. The second-order valence-corrected chi connectivity index (χ2v) is 17.2. The second-order valence-electron chi connectivity index (χ2n) is 17.2. The summed E-state index contributed by atoms with van der Waals surface area (Å²) in [6.07, 6.45) is -0.290. The summed E-state index contributed by atoms with van der Waals surface area (Å²) < 4.78 is 39.3. The predicted octanol–water partition coefficient (Wildman–Crippen LogP) is 8.98. The molecule has 1 aromatic heterocycles. The van der Waals surface area contributed by atoms with Crippen LogP contribution in [0.15, 0.2) is 42.7 Å². The Bertz CT molecular complexity index is 2130. The van der Waals surface area contributed by atoms with Gasteiger partial charge in [-0.2, -0.15) is 4.90 Å². The molecule has 0 N–H and O–H groups in total. The highest BCUT2D eigenvalue weighted by Crippen LogP contribution is 2.42. The van der Waals surface area contributed by atoms with Gasteiger partial charge in [-0.1, -0.05) is 18.1 Å². The Hall–Kier alpha value is -6.04. The van der Waals surface area contributed by atoms with E-state index in [1.165, 1.54) is 25.8 Å². The Morgan fingerprint density at radius 2 is 1.36 bits per heavy atom. The zero-order chi connectivity index (χ0) is 44.2. The fourth-order valence-electron chi connectivity index (χ4n) is 5.61. The molecule has 1 heterocycles. The van der Waals surface area contributed by atoms with Gasteiger partial charge in [0.05, 0.1) is 11.7 Å². The van der Waals surface area contributed by atoms with E-state index in [1.807, 2.05) is 12.1 Å². The first-order chi connectivity index (χ1) is 27.3. The molecule has 14 nitrogen and oxygen atoms in total. The third-order valence-corrected chi connectivity index (χ3v) is 8.66. The summed E-state index contributed by atoms with van der Waals surface area (Å²) in [5.41, 5.74) is -2.16. The van der Waals surface area contributed by atoms with Crippen molar-refractivity contribution >= 4 is 41.6 Å². The van der Waals surface area contributed by atoms with Gasteiger partial charge in [0.2, 0.25) is 0 Å². The molecule has 4 rings (SSSR count). The number of aromatic nitrogens is 2. The minimum absolute atomic E-state index is 0.00801. The Labute approximate surface area is 345 Å². The van der Waals surface area contributed by atoms with Gasteiger partial charge in [0.25, 0.3) is 11.8 Å². The maximum atomic E-state index is 16.1. The lowest BCUT2D eigenvalue weighted by Crippen LogP contribution is -2.44. The van der Waals surface area contributed by atoms with Crippen LogP contribution in [0.3, 0.4) is 0 Å². The van der Waals surface area contributed by atoms with Crippen LogP contribution in [0.25, 0.3) is 11.3 Å². The van der Waals surface area contributed by atoms with Gasteiger partial charge in [-0.25, -0.2) is 33.6 Å². The first kappa shape index (κ1) is 45.7. The number of amides is 5. The van der Waals surface area contributed by atoms with Crippen molar-refractivity contribution in [2.24, 2.45) is 0 Å². The van der Waals surface area contributed by atoms with Crippen molar-refractivity contribution in [1.29, 1.82) is 0 Å². The Balaban J connectivity index is 1.99. The van der Waals surface area contributed by atoms with Crippen molar-refractivity contribution in [2.45, 2.75) is 125 Å². The van der Waals surface area contributed by atoms with Gasteiger partial charge < -0.3 is 23.8 Å². The maximum Gasteiger partial charge on any atom is 0.425 e. The van der Waals surface area contributed by atoms with Gasteiger partial charge in [-0.05, 0) is 143 Å². The third-order valence-electron chi connectivity index (χ3n) is 8.66. The van der Waals surface area contributed by atoms with Crippen LogP contribution < -0.4 is 14.5 Å². The molecule has 0 bridgehead atoms. The number of anilines is 2. The van der Waals surface area contributed by atoms with E-state index in [0.29, 0.717) is 10.8 Å². The second kappa shape index (κ2) is 17.8. The highest BCUT2D eigenvalue weighted by atomic mass is 19.1. The summed E-state index contributed by atoms with van der Waals surface area (Å²) in [5.74, 6) is 2.52. The molecule has 2 aromatic carbocycles. The van der Waals surface area contributed by atoms with Gasteiger partial charge in [0, 0.05) is 18.2 Å². The highest BCUT2D eigenvalue weighted by molar-refractivity contribution is 6.20. The van der Waals surface area contributed by atoms with Gasteiger partial charge in [-0.15, -0.1) is 0 Å². The van der Waals surface area contributed by atoms with Crippen molar-refractivity contribution in [3.63, 3.8) is 0 Å². The summed E-state index contributed by atoms with van der Waals surface area (Å²) in [4.78, 5) is 80.0. The molecule has 0 aliphatic heterocycles. The number of carbonyl (C=O) groups excluding carboxylic acids is 5. The molecule has 316 valence electrons. The monoisotopic (exact) mass is 815 g/mol. The van der Waals surface area contributed by atoms with Crippen molar-refractivity contribution < 1.29 is 47.3 Å². The number of halogens is 1. The van der Waals surface area contributed by atoms with Crippen LogP contribution in [0.5, 0.6) is 5.75 Å². The molecule has 5 amide bonds. The molecule has 1 fully saturated rings. The quantitative estimate of drug-likeness (QED) is 0.150. The summed E-state index contributed by atoms with van der Waals surface area (Å²) in [5, 5.41) is 0. The number of benzene rings is 2. The predicted molar refractivity (Wildman–Crippen MR) is 220 cm³/mol. The van der Waals surface area contributed by atoms with E-state index in [0.717, 1.165) is 41.8 Å². The fraction of sp³-hybridized carbons (Fsp3) is 0.477. The zero-order valence-corrected chi connectivity index (χ0v) is 36.1. The van der Waals surface area contributed by atoms with Crippen LogP contribution in [0, 0.1) is 24.6 Å². The average molecular weight is 816 g/mol. The molecular weight excluding hydrogens is 762 g/mol. The van der Waals surface area contributed by atoms with E-state index in [-0.39, 0.29) is 40.4 Å². The molecule has 1 saturated carbocycles. The third kappa shape index (κ3) is 12.0. The van der Waals surface area contributed by atoms with Crippen molar-refractivity contribution in [1.82, 2.24) is 14.9 Å². The van der Waals surface area contributed by atoms with E-state index >= 15 is 4.39 Å². The minimum Gasteiger partial charge on any atom is -0.485 e. The molecule has 1 aliphatic rings. The van der Waals surface area contributed by atoms with Crippen LogP contribution in [0.1, 0.15) is 116 Å². The molecule has 59 heavy (non-hydrogen) atoms. The number of hydrogen-bond acceptors (Lipinski definition) is 11. The number of nitrogens with zero attached hydrogens (tertiary/aromatic N) is 5. The molecule has 15 heteroatoms. The van der Waals surface area contributed by atoms with E-state index in [4.69, 9.17) is 18.9 Å². The Morgan fingerprint density at radius 1 is 0.831 bits per heavy atom. The summed E-state index contributed by atoms with van der Waals surface area (Å²) in [7, 11) is 1.52. The lowest BCUT2D eigenvalue weighted by atomic mass is 10.0. The molecule has 3 aromatic rings. The normalized spacial score (nSPS) is 13.3. The number of likely N-dealkylation sites (N-methyl/N-ethyl adjacent to an activating group) is 1. The van der Waals surface area contributed by atoms with Crippen molar-refractivity contribution in [3.05, 3.63) is 65.2 Å². The minimum atomic E-state index is -1.18. The standard InChI is InChI=1S/C44H54FN5O9/c1-14-15-34(51)48(13)26(2)24-56-36-35(46-25-47-37(36)50(40(54)58-43(7,8)9)41(55)59-44(10,11)12)32-22-31(45)23-33(27(32)3)49(39(53)57-42(4,5)6)38(52)30-20-18-29(19-21-30)28-16-17-28/h18-23,25-26,28H,16-17,24H2,1-13H3. The van der Waals surface area contributed by atoms with Gasteiger partial charge in [0.1, 0.15) is 41.2 Å². The van der Waals surface area contributed by atoms with Crippen LogP contribution >= 0.6 is 0 Å². The molecular formula is C44H54FN5O9. The van der Waals surface area contributed by atoms with E-state index in [1.54, 1.807) is 81.4 Å². The van der Waals surface area contributed by atoms with Crippen LogP contribution in [-0.2, 0) is 19.0 Å². The maximum absolute atomic E-state index is 16.1. The molecule has 0 radical (unpaired) electrons. The van der Waals surface area contributed by atoms with Crippen LogP contribution in [0.2, 0.25) is 0 Å². The van der Waals surface area contributed by atoms with Crippen molar-refractivity contribution in [3.8, 4) is 28.8 Å². The van der Waals surface area contributed by atoms with E-state index in [9.17, 15) is 24.0 Å². The fourth-order valence-corrected chi connectivity index (χ4v) is 5.61. The largest absolute Gasteiger partial charge is 0.485 e. The zero-order valence-electron chi connectivity index (χ0n) is 36.1.